The summed E-state index contributed by atoms with van der Waals surface area (Å²) in [4.78, 5) is 21.7. The van der Waals surface area contributed by atoms with Gasteiger partial charge in [-0.2, -0.15) is 0 Å². The lowest BCUT2D eigenvalue weighted by Gasteiger charge is -2.18. The predicted octanol–water partition coefficient (Wildman–Crippen LogP) is 2.34. The van der Waals surface area contributed by atoms with Crippen LogP contribution in [0.5, 0.6) is 5.75 Å². The minimum atomic E-state index is -1.02. The van der Waals surface area contributed by atoms with Crippen LogP contribution in [0, 0.1) is 5.92 Å². The number of aliphatic carboxylic acids is 1. The largest absolute Gasteiger partial charge is 0.478 e. The summed E-state index contributed by atoms with van der Waals surface area (Å²) >= 11 is 0.998. The molecule has 5 nitrogen and oxygen atoms in total. The van der Waals surface area contributed by atoms with Gasteiger partial charge in [-0.3, -0.25) is 0 Å². The van der Waals surface area contributed by atoms with Crippen molar-refractivity contribution in [2.24, 2.45) is 5.92 Å². The number of benzene rings is 1. The van der Waals surface area contributed by atoms with Crippen molar-refractivity contribution in [3.8, 4) is 5.75 Å². The van der Waals surface area contributed by atoms with Crippen molar-refractivity contribution in [2.45, 2.75) is 20.0 Å². The zero-order valence-electron chi connectivity index (χ0n) is 9.88. The lowest BCUT2D eigenvalue weighted by atomic mass is 10.1. The minimum absolute atomic E-state index is 0.160. The Balaban J connectivity index is 2.30. The van der Waals surface area contributed by atoms with Crippen molar-refractivity contribution in [1.82, 2.24) is 0 Å². The molecule has 0 amide bonds. The molecule has 0 fully saturated rings. The summed E-state index contributed by atoms with van der Waals surface area (Å²) in [7, 11) is 0. The molecule has 2 rings (SSSR count). The fourth-order valence-corrected chi connectivity index (χ4v) is 2.19. The third-order valence-corrected chi connectivity index (χ3v) is 3.22. The summed E-state index contributed by atoms with van der Waals surface area (Å²) in [6.45, 7) is 3.53. The number of hydrogen-bond donors (Lipinski definition) is 1. The van der Waals surface area contributed by atoms with Crippen LogP contribution in [-0.4, -0.2) is 17.2 Å². The molecule has 18 heavy (non-hydrogen) atoms. The topological polar surface area (TPSA) is 76.7 Å². The second kappa shape index (κ2) is 4.81. The quantitative estimate of drug-likeness (QED) is 0.921. The van der Waals surface area contributed by atoms with Crippen LogP contribution in [0.4, 0.5) is 0 Å². The molecule has 1 N–H and O–H groups in total. The molecule has 1 aromatic heterocycles. The van der Waals surface area contributed by atoms with Crippen LogP contribution < -0.4 is 9.68 Å². The Morgan fingerprint density at radius 3 is 2.78 bits per heavy atom. The molecule has 2 aromatic rings. The number of hydrogen-bond acceptors (Lipinski definition) is 5. The van der Waals surface area contributed by atoms with E-state index >= 15 is 0 Å². The maximum Gasteiger partial charge on any atom is 0.396 e. The van der Waals surface area contributed by atoms with E-state index in [9.17, 15) is 9.59 Å². The van der Waals surface area contributed by atoms with Crippen LogP contribution in [-0.2, 0) is 4.79 Å². The highest BCUT2D eigenvalue weighted by atomic mass is 32.1. The number of fused-ring (bicyclic) bond motifs is 1. The number of ether oxygens (including phenoxy) is 1. The fraction of sp³-hybridized carbons (Fsp3) is 0.333. The standard InChI is InChI=1S/C12H12O5S/c1-6(2)10(11(13)14)16-7-3-4-9-8(5-7)17-12(15)18-9/h3-6,10H,1-2H3,(H,13,14). The van der Waals surface area contributed by atoms with Crippen LogP contribution >= 0.6 is 11.3 Å². The lowest BCUT2D eigenvalue weighted by Crippen LogP contribution is -2.32. The Kier molecular flexibility index (Phi) is 3.38. The van der Waals surface area contributed by atoms with Crippen LogP contribution in [0.3, 0.4) is 0 Å². The second-order valence-corrected chi connectivity index (χ2v) is 5.16. The monoisotopic (exact) mass is 268 g/mol. The van der Waals surface area contributed by atoms with Gasteiger partial charge in [0.15, 0.2) is 11.7 Å². The Morgan fingerprint density at radius 1 is 1.44 bits per heavy atom. The average molecular weight is 268 g/mol. The SMILES string of the molecule is CC(C)C(Oc1ccc2sc(=O)oc2c1)C(=O)O. The summed E-state index contributed by atoms with van der Waals surface area (Å²) in [5.41, 5.74) is 0.412. The Labute approximate surface area is 107 Å². The van der Waals surface area contributed by atoms with Gasteiger partial charge in [-0.15, -0.1) is 0 Å². The first kappa shape index (κ1) is 12.6. The van der Waals surface area contributed by atoms with E-state index in [0.717, 1.165) is 11.3 Å². The molecular weight excluding hydrogens is 256 g/mol. The zero-order chi connectivity index (χ0) is 13.3. The third-order valence-electron chi connectivity index (χ3n) is 2.41. The Bertz CT molecular complexity index is 625. The molecule has 96 valence electrons. The van der Waals surface area contributed by atoms with E-state index in [1.54, 1.807) is 26.0 Å². The molecule has 0 saturated carbocycles. The van der Waals surface area contributed by atoms with Crippen LogP contribution in [0.1, 0.15) is 13.8 Å². The van der Waals surface area contributed by atoms with E-state index in [4.69, 9.17) is 14.3 Å². The van der Waals surface area contributed by atoms with E-state index in [1.807, 2.05) is 0 Å². The molecule has 1 aromatic carbocycles. The first-order valence-electron chi connectivity index (χ1n) is 5.40. The first-order chi connectivity index (χ1) is 8.47. The van der Waals surface area contributed by atoms with Crippen molar-refractivity contribution < 1.29 is 19.1 Å². The van der Waals surface area contributed by atoms with Gasteiger partial charge in [-0.25, -0.2) is 9.59 Å². The fourth-order valence-electron chi connectivity index (χ4n) is 1.54. The van der Waals surface area contributed by atoms with Crippen molar-refractivity contribution in [2.75, 3.05) is 0 Å². The van der Waals surface area contributed by atoms with Crippen LogP contribution in [0.25, 0.3) is 10.3 Å². The summed E-state index contributed by atoms with van der Waals surface area (Å²) < 4.78 is 11.1. The summed E-state index contributed by atoms with van der Waals surface area (Å²) in [5, 5.41) is 9.03. The van der Waals surface area contributed by atoms with Gasteiger partial charge in [-0.05, 0) is 12.1 Å². The van der Waals surface area contributed by atoms with E-state index in [2.05, 4.69) is 0 Å². The number of carbonyl (C=O) groups is 1. The molecule has 6 heteroatoms. The average Bonchev–Trinajstić information content (AvgIpc) is 2.64. The highest BCUT2D eigenvalue weighted by Crippen LogP contribution is 2.24. The molecule has 1 unspecified atom stereocenters. The number of carboxylic acids is 1. The van der Waals surface area contributed by atoms with Gasteiger partial charge >= 0.3 is 10.9 Å². The lowest BCUT2D eigenvalue weighted by molar-refractivity contribution is -0.147. The minimum Gasteiger partial charge on any atom is -0.478 e. The summed E-state index contributed by atoms with van der Waals surface area (Å²) in [6, 6.07) is 4.84. The van der Waals surface area contributed by atoms with Crippen molar-refractivity contribution in [3.05, 3.63) is 27.9 Å². The predicted molar refractivity (Wildman–Crippen MR) is 67.3 cm³/mol. The van der Waals surface area contributed by atoms with Crippen molar-refractivity contribution in [3.63, 3.8) is 0 Å². The Hall–Kier alpha value is -1.82. The first-order valence-corrected chi connectivity index (χ1v) is 6.22. The van der Waals surface area contributed by atoms with Gasteiger partial charge in [0.1, 0.15) is 5.75 Å². The van der Waals surface area contributed by atoms with E-state index in [-0.39, 0.29) is 10.9 Å². The van der Waals surface area contributed by atoms with Gasteiger partial charge in [-0.1, -0.05) is 25.2 Å². The smallest absolute Gasteiger partial charge is 0.396 e. The van der Waals surface area contributed by atoms with Gasteiger partial charge in [0.25, 0.3) is 0 Å². The maximum atomic E-state index is 11.1. The molecule has 0 aliphatic heterocycles. The highest BCUT2D eigenvalue weighted by molar-refractivity contribution is 7.16. The Morgan fingerprint density at radius 2 is 2.17 bits per heavy atom. The van der Waals surface area contributed by atoms with Gasteiger partial charge in [0.2, 0.25) is 0 Å². The molecular formula is C12H12O5S. The number of carboxylic acid groups (broad SMARTS) is 1. The zero-order valence-corrected chi connectivity index (χ0v) is 10.7. The van der Waals surface area contributed by atoms with Gasteiger partial charge < -0.3 is 14.3 Å². The molecule has 1 heterocycles. The van der Waals surface area contributed by atoms with Crippen molar-refractivity contribution >= 4 is 27.6 Å². The van der Waals surface area contributed by atoms with Crippen LogP contribution in [0.15, 0.2) is 27.4 Å². The molecule has 0 saturated heterocycles. The van der Waals surface area contributed by atoms with E-state index in [0.29, 0.717) is 16.0 Å². The summed E-state index contributed by atoms with van der Waals surface area (Å²) in [6.07, 6.45) is -0.923. The highest BCUT2D eigenvalue weighted by Gasteiger charge is 2.23. The van der Waals surface area contributed by atoms with Crippen LogP contribution in [0.2, 0.25) is 0 Å². The van der Waals surface area contributed by atoms with E-state index < -0.39 is 12.1 Å². The second-order valence-electron chi connectivity index (χ2n) is 4.18. The third kappa shape index (κ3) is 2.53. The van der Waals surface area contributed by atoms with E-state index in [1.165, 1.54) is 6.07 Å². The van der Waals surface area contributed by atoms with Gasteiger partial charge in [0.05, 0.1) is 4.70 Å². The molecule has 0 radical (unpaired) electrons. The van der Waals surface area contributed by atoms with Crippen molar-refractivity contribution in [1.29, 1.82) is 0 Å². The molecule has 0 bridgehead atoms. The van der Waals surface area contributed by atoms with Gasteiger partial charge in [0, 0.05) is 12.0 Å². The molecule has 0 aliphatic rings. The molecule has 0 spiro atoms. The maximum absolute atomic E-state index is 11.1. The normalized spacial score (nSPS) is 12.8. The molecule has 1 atom stereocenters. The number of rotatable bonds is 4. The molecule has 0 aliphatic carbocycles. The summed E-state index contributed by atoms with van der Waals surface area (Å²) in [5.74, 6) is -0.797.